The summed E-state index contributed by atoms with van der Waals surface area (Å²) < 4.78 is 14.4. The van der Waals surface area contributed by atoms with Gasteiger partial charge in [-0.3, -0.25) is 0 Å². The number of hydrogen-bond acceptors (Lipinski definition) is 3. The minimum Gasteiger partial charge on any atom is -0.455 e. The molecule has 0 atom stereocenters. The van der Waals surface area contributed by atoms with Crippen molar-refractivity contribution in [2.75, 3.05) is 4.90 Å². The lowest BCUT2D eigenvalue weighted by Gasteiger charge is -2.33. The Bertz CT molecular complexity index is 7010. The van der Waals surface area contributed by atoms with Gasteiger partial charge in [0, 0.05) is 71.4 Å². The van der Waals surface area contributed by atoms with Gasteiger partial charge in [0.1, 0.15) is 22.3 Å². The molecule has 0 N–H and O–H groups in total. The smallest absolute Gasteiger partial charge is 0.144 e. The Kier molecular flexibility index (Phi) is 15.9. The lowest BCUT2D eigenvalue weighted by molar-refractivity contribution is 0.399. The number of nitrogens with zero attached hydrogens (tertiary/aromatic N) is 1. The quantitative estimate of drug-likeness (QED) is 0.0802. The first-order valence-electron chi connectivity index (χ1n) is 43.8. The molecule has 0 fully saturated rings. The first kappa shape index (κ1) is 71.1. The monoisotopic (exact) mass is 1520 g/mol. The zero-order chi connectivity index (χ0) is 79.3. The van der Waals surface area contributed by atoms with Gasteiger partial charge in [-0.05, 0) is 241 Å². The van der Waals surface area contributed by atoms with Crippen molar-refractivity contribution >= 4 is 60.9 Å². The van der Waals surface area contributed by atoms with E-state index < -0.39 is 10.8 Å². The fourth-order valence-corrected chi connectivity index (χ4v) is 23.8. The van der Waals surface area contributed by atoms with Crippen LogP contribution in [-0.2, 0) is 27.1 Å². The summed E-state index contributed by atoms with van der Waals surface area (Å²) in [7, 11) is 0. The Morgan fingerprint density at radius 3 is 1.26 bits per heavy atom. The Morgan fingerprint density at radius 2 is 0.661 bits per heavy atom. The van der Waals surface area contributed by atoms with Gasteiger partial charge in [0.25, 0.3) is 0 Å². The molecule has 2 aromatic heterocycles. The number of para-hydroxylation sites is 2. The molecule has 574 valence electrons. The van der Waals surface area contributed by atoms with Crippen LogP contribution >= 0.6 is 0 Å². The standard InChI is InChI=1S/C115H97NO2/c1-9-11-13-15-32-62-114(63-33-16-14-12-10-2)91-43-27-20-36-78(91)83-59-52-74(66-97(83)114)73-51-58-82-81-57-50-72(64-94(81)111(3,4)95(82)65-73)70-48-53-75(54-49-70)116(76-55-60-85-96(67-76)113(7,8)107-103(85)105-88-41-25-31-47-101(88)118-110(105)106-84-39-23-26-42-90(84)112(5,6)108(106)107)77-56-61-86-98(68-77)115(92-44-28-21-37-79(92)80-38-22-29-45-93(80)115)99-69-89(71-34-18-17-19-35-71)109-104(102(86)99)87-40-24-30-46-100(87)117-109/h17-31,34-61,64-69H,9-16,32-33,62-63H2,1-8H3. The Hall–Kier alpha value is -12.3. The van der Waals surface area contributed by atoms with Crippen molar-refractivity contribution in [2.45, 2.75) is 160 Å². The van der Waals surface area contributed by atoms with Crippen LogP contribution in [0, 0.1) is 0 Å². The number of rotatable bonds is 18. The molecule has 3 heteroatoms. The predicted molar refractivity (Wildman–Crippen MR) is 494 cm³/mol. The van der Waals surface area contributed by atoms with E-state index in [0.29, 0.717) is 0 Å². The third-order valence-corrected chi connectivity index (χ3v) is 29.3. The highest BCUT2D eigenvalue weighted by molar-refractivity contribution is 6.22. The average molecular weight is 1530 g/mol. The molecule has 2 heterocycles. The van der Waals surface area contributed by atoms with E-state index in [-0.39, 0.29) is 16.2 Å². The third-order valence-electron chi connectivity index (χ3n) is 29.3. The van der Waals surface area contributed by atoms with Gasteiger partial charge in [-0.15, -0.1) is 0 Å². The molecule has 0 amide bonds. The summed E-state index contributed by atoms with van der Waals surface area (Å²) in [6.07, 6.45) is 15.4. The lowest BCUT2D eigenvalue weighted by Crippen LogP contribution is -2.26. The summed E-state index contributed by atoms with van der Waals surface area (Å²) in [5.41, 5.74) is 44.7. The van der Waals surface area contributed by atoms with Crippen LogP contribution < -0.4 is 4.90 Å². The fourth-order valence-electron chi connectivity index (χ4n) is 23.8. The molecule has 6 aliphatic rings. The van der Waals surface area contributed by atoms with E-state index in [0.717, 1.165) is 66.7 Å². The highest BCUT2D eigenvalue weighted by Crippen LogP contribution is 2.68. The summed E-state index contributed by atoms with van der Waals surface area (Å²) >= 11 is 0. The minimum absolute atomic E-state index is 0.0245. The van der Waals surface area contributed by atoms with E-state index in [2.05, 4.69) is 358 Å². The van der Waals surface area contributed by atoms with Crippen molar-refractivity contribution in [2.24, 2.45) is 0 Å². The van der Waals surface area contributed by atoms with Crippen LogP contribution in [0.5, 0.6) is 0 Å². The van der Waals surface area contributed by atoms with Crippen molar-refractivity contribution in [3.8, 4) is 100 Å². The minimum atomic E-state index is -0.699. The van der Waals surface area contributed by atoms with Gasteiger partial charge in [0.2, 0.25) is 0 Å². The molecule has 0 bridgehead atoms. The largest absolute Gasteiger partial charge is 0.455 e. The molecule has 17 aromatic rings. The van der Waals surface area contributed by atoms with Gasteiger partial charge in [-0.1, -0.05) is 344 Å². The Morgan fingerprint density at radius 1 is 0.254 bits per heavy atom. The van der Waals surface area contributed by atoms with Gasteiger partial charge in [0.05, 0.1) is 5.41 Å². The first-order chi connectivity index (χ1) is 57.7. The molecule has 6 aliphatic carbocycles. The van der Waals surface area contributed by atoms with Gasteiger partial charge >= 0.3 is 0 Å². The van der Waals surface area contributed by atoms with Gasteiger partial charge in [-0.25, -0.2) is 0 Å². The summed E-state index contributed by atoms with van der Waals surface area (Å²) in [5, 5.41) is 4.64. The summed E-state index contributed by atoms with van der Waals surface area (Å²) in [6, 6.07) is 115. The summed E-state index contributed by atoms with van der Waals surface area (Å²) in [5.74, 6) is 0. The topological polar surface area (TPSA) is 29.5 Å². The number of benzene rings is 15. The highest BCUT2D eigenvalue weighted by atomic mass is 16.3. The Balaban J connectivity index is 0.674. The summed E-state index contributed by atoms with van der Waals surface area (Å²) in [6.45, 7) is 19.4. The zero-order valence-corrected chi connectivity index (χ0v) is 69.0. The van der Waals surface area contributed by atoms with Crippen LogP contribution in [-0.4, -0.2) is 0 Å². The van der Waals surface area contributed by atoms with Crippen molar-refractivity contribution < 1.29 is 8.83 Å². The molecule has 0 saturated carbocycles. The molecule has 118 heavy (non-hydrogen) atoms. The summed E-state index contributed by atoms with van der Waals surface area (Å²) in [4.78, 5) is 2.57. The maximum absolute atomic E-state index is 7.19. The van der Waals surface area contributed by atoms with E-state index >= 15 is 0 Å². The number of anilines is 3. The van der Waals surface area contributed by atoms with Crippen molar-refractivity contribution in [3.05, 3.63) is 364 Å². The number of fused-ring (bicyclic) bond motifs is 32. The van der Waals surface area contributed by atoms with E-state index in [1.165, 1.54) is 227 Å². The molecule has 23 rings (SSSR count). The zero-order valence-electron chi connectivity index (χ0n) is 69.0. The maximum atomic E-state index is 7.19. The van der Waals surface area contributed by atoms with Crippen LogP contribution in [0.15, 0.2) is 306 Å². The van der Waals surface area contributed by atoms with Gasteiger partial charge < -0.3 is 13.7 Å². The fraction of sp³-hybridized carbons (Fsp3) is 0.217. The van der Waals surface area contributed by atoms with Crippen molar-refractivity contribution in [3.63, 3.8) is 0 Å². The van der Waals surface area contributed by atoms with Crippen LogP contribution in [0.3, 0.4) is 0 Å². The normalized spacial score (nSPS) is 15.4. The molecule has 15 aromatic carbocycles. The van der Waals surface area contributed by atoms with Crippen LogP contribution in [0.2, 0.25) is 0 Å². The van der Waals surface area contributed by atoms with Gasteiger partial charge in [-0.2, -0.15) is 0 Å². The molecular formula is C115H97NO2. The Labute approximate surface area is 693 Å². The van der Waals surface area contributed by atoms with Gasteiger partial charge in [0.15, 0.2) is 0 Å². The molecular weight excluding hydrogens is 1430 g/mol. The lowest BCUT2D eigenvalue weighted by atomic mass is 9.70. The highest BCUT2D eigenvalue weighted by Gasteiger charge is 2.54. The van der Waals surface area contributed by atoms with Crippen LogP contribution in [0.25, 0.3) is 144 Å². The molecule has 0 unspecified atom stereocenters. The second-order valence-electron chi connectivity index (χ2n) is 36.7. The SMILES string of the molecule is CCCCCCCC1(CCCCCCC)c2ccccc2-c2ccc(-c3ccc4c(c3)C(C)(C)c3cc(-c5ccc(N(c6ccc7c(c6)C(C)(C)c6c8c(c9oc%10ccccc%10c9c6-7)-c6ccccc6C8(C)C)c6ccc7c(c6)C6(c8ccccc8-c8ccccc86)c6cc(-c8ccccc8)c8oc9ccccc9c8c6-7)cc5)ccc3-4)cc21. The number of unbranched alkanes of at least 4 members (excludes halogenated alkanes) is 8. The first-order valence-corrected chi connectivity index (χ1v) is 43.8. The molecule has 1 spiro atoms. The second-order valence-corrected chi connectivity index (χ2v) is 36.7. The van der Waals surface area contributed by atoms with Crippen LogP contribution in [0.1, 0.15) is 199 Å². The van der Waals surface area contributed by atoms with Crippen molar-refractivity contribution in [1.82, 2.24) is 0 Å². The number of furan rings is 2. The van der Waals surface area contributed by atoms with Crippen molar-refractivity contribution in [1.29, 1.82) is 0 Å². The van der Waals surface area contributed by atoms with E-state index in [1.54, 1.807) is 11.1 Å². The molecule has 0 aliphatic heterocycles. The van der Waals surface area contributed by atoms with E-state index in [1.807, 2.05) is 0 Å². The molecule has 3 nitrogen and oxygen atoms in total. The molecule has 0 radical (unpaired) electrons. The number of hydrogen-bond donors (Lipinski definition) is 0. The molecule has 0 saturated heterocycles. The van der Waals surface area contributed by atoms with E-state index in [9.17, 15) is 0 Å². The van der Waals surface area contributed by atoms with Crippen LogP contribution in [0.4, 0.5) is 17.1 Å². The van der Waals surface area contributed by atoms with E-state index in [4.69, 9.17) is 8.83 Å². The third kappa shape index (κ3) is 9.88. The maximum Gasteiger partial charge on any atom is 0.144 e. The average Bonchev–Trinajstić information content (AvgIpc) is 1.50. The predicted octanol–water partition coefficient (Wildman–Crippen LogP) is 32.2. The second kappa shape index (κ2) is 26.4.